The van der Waals surface area contributed by atoms with E-state index in [1.54, 1.807) is 0 Å². The normalized spacial score (nSPS) is 11.6. The van der Waals surface area contributed by atoms with Crippen LogP contribution in [0, 0.1) is 0 Å². The number of nitrogens with two attached hydrogens (primary N) is 1. The fourth-order valence-electron chi connectivity index (χ4n) is 0.579. The second-order valence-corrected chi connectivity index (χ2v) is 3.18. The van der Waals surface area contributed by atoms with Gasteiger partial charge in [-0.15, -0.1) is 12.4 Å². The molecule has 0 aromatic heterocycles. The van der Waals surface area contributed by atoms with Crippen LogP contribution in [0.1, 0.15) is 26.7 Å². The van der Waals surface area contributed by atoms with E-state index in [4.69, 9.17) is 10.8 Å². The molecule has 68 valence electrons. The van der Waals surface area contributed by atoms with E-state index in [0.717, 1.165) is 12.8 Å². The van der Waals surface area contributed by atoms with E-state index < -0.39 is 0 Å². The van der Waals surface area contributed by atoms with Crippen molar-refractivity contribution in [1.82, 2.24) is 0 Å². The lowest BCUT2D eigenvalue weighted by atomic mass is 10.0. The summed E-state index contributed by atoms with van der Waals surface area (Å²) in [4.78, 5) is 0. The van der Waals surface area contributed by atoms with E-state index in [9.17, 15) is 0 Å². The van der Waals surface area contributed by atoms with Crippen LogP contribution in [-0.4, -0.2) is 17.3 Å². The Hall–Kier alpha value is -0.0500. The van der Waals surface area contributed by atoms with Gasteiger partial charge < -0.3 is 10.8 Å². The summed E-state index contributed by atoms with van der Waals surface area (Å²) in [6.07, 6.45) is 5.56. The lowest BCUT2D eigenvalue weighted by Gasteiger charge is -2.14. The van der Waals surface area contributed by atoms with Crippen LogP contribution in [-0.2, 0) is 0 Å². The Morgan fingerprint density at radius 3 is 2.27 bits per heavy atom. The Labute approximate surface area is 74.9 Å². The van der Waals surface area contributed by atoms with Gasteiger partial charge in [-0.1, -0.05) is 12.2 Å². The van der Waals surface area contributed by atoms with Gasteiger partial charge >= 0.3 is 0 Å². The molecule has 0 aliphatic heterocycles. The molecule has 0 aromatic carbocycles. The van der Waals surface area contributed by atoms with Crippen molar-refractivity contribution in [2.24, 2.45) is 5.73 Å². The summed E-state index contributed by atoms with van der Waals surface area (Å²) < 4.78 is 0. The van der Waals surface area contributed by atoms with E-state index in [2.05, 4.69) is 0 Å². The largest absolute Gasteiger partial charge is 0.396 e. The highest BCUT2D eigenvalue weighted by molar-refractivity contribution is 5.85. The van der Waals surface area contributed by atoms with Gasteiger partial charge in [0.15, 0.2) is 0 Å². The number of hydrogen-bond donors (Lipinski definition) is 2. The Bertz CT molecular complexity index is 107. The minimum absolute atomic E-state index is 0. The highest BCUT2D eigenvalue weighted by Crippen LogP contribution is 2.03. The van der Waals surface area contributed by atoms with Crippen LogP contribution in [0.5, 0.6) is 0 Å². The van der Waals surface area contributed by atoms with Crippen LogP contribution >= 0.6 is 12.4 Å². The maximum atomic E-state index is 8.41. The van der Waals surface area contributed by atoms with Crippen molar-refractivity contribution < 1.29 is 5.11 Å². The molecule has 0 saturated carbocycles. The van der Waals surface area contributed by atoms with Crippen molar-refractivity contribution in [2.75, 3.05) is 6.61 Å². The zero-order valence-electron chi connectivity index (χ0n) is 7.21. The fraction of sp³-hybridized carbons (Fsp3) is 0.750. The van der Waals surface area contributed by atoms with Gasteiger partial charge in [-0.05, 0) is 26.7 Å². The molecule has 0 bridgehead atoms. The van der Waals surface area contributed by atoms with E-state index in [0.29, 0.717) is 0 Å². The second kappa shape index (κ2) is 6.65. The predicted molar refractivity (Wildman–Crippen MR) is 51.0 cm³/mol. The third kappa shape index (κ3) is 13.0. The first-order chi connectivity index (χ1) is 4.56. The van der Waals surface area contributed by atoms with E-state index in [1.807, 2.05) is 26.0 Å². The third-order valence-electron chi connectivity index (χ3n) is 1.11. The summed E-state index contributed by atoms with van der Waals surface area (Å²) in [7, 11) is 0. The Morgan fingerprint density at radius 1 is 1.36 bits per heavy atom. The van der Waals surface area contributed by atoms with Crippen LogP contribution in [0.2, 0.25) is 0 Å². The molecule has 3 N–H and O–H groups in total. The topological polar surface area (TPSA) is 46.2 Å². The molecule has 0 amide bonds. The van der Waals surface area contributed by atoms with Gasteiger partial charge in [-0.25, -0.2) is 0 Å². The van der Waals surface area contributed by atoms with Crippen LogP contribution in [0.25, 0.3) is 0 Å². The zero-order valence-corrected chi connectivity index (χ0v) is 8.03. The summed E-state index contributed by atoms with van der Waals surface area (Å²) in [5, 5.41) is 8.41. The van der Waals surface area contributed by atoms with Crippen molar-refractivity contribution in [3.8, 4) is 0 Å². The number of hydrogen-bond acceptors (Lipinski definition) is 2. The van der Waals surface area contributed by atoms with Gasteiger partial charge in [0.2, 0.25) is 0 Å². The van der Waals surface area contributed by atoms with Crippen LogP contribution < -0.4 is 5.73 Å². The molecule has 0 aliphatic carbocycles. The number of halogens is 1. The van der Waals surface area contributed by atoms with Crippen LogP contribution in [0.3, 0.4) is 0 Å². The maximum Gasteiger partial charge on any atom is 0.0465 e. The van der Waals surface area contributed by atoms with Crippen molar-refractivity contribution >= 4 is 12.4 Å². The summed E-state index contributed by atoms with van der Waals surface area (Å²) >= 11 is 0. The highest BCUT2D eigenvalue weighted by Gasteiger charge is 2.05. The molecule has 0 heterocycles. The molecule has 0 saturated heterocycles. The molecule has 0 unspecified atom stereocenters. The summed E-state index contributed by atoms with van der Waals surface area (Å²) in [5.74, 6) is 0. The monoisotopic (exact) mass is 179 g/mol. The average molecular weight is 180 g/mol. The molecule has 0 aromatic rings. The minimum Gasteiger partial charge on any atom is -0.396 e. The zero-order chi connectivity index (χ0) is 8.04. The lowest BCUT2D eigenvalue weighted by Crippen LogP contribution is -2.30. The van der Waals surface area contributed by atoms with E-state index in [-0.39, 0.29) is 24.6 Å². The van der Waals surface area contributed by atoms with Crippen molar-refractivity contribution in [3.05, 3.63) is 12.2 Å². The average Bonchev–Trinajstić information content (AvgIpc) is 1.78. The van der Waals surface area contributed by atoms with Crippen LogP contribution in [0.4, 0.5) is 0 Å². The molecule has 11 heavy (non-hydrogen) atoms. The number of rotatable bonds is 4. The van der Waals surface area contributed by atoms with E-state index in [1.165, 1.54) is 0 Å². The van der Waals surface area contributed by atoms with Crippen molar-refractivity contribution in [3.63, 3.8) is 0 Å². The van der Waals surface area contributed by atoms with Crippen molar-refractivity contribution in [2.45, 2.75) is 32.2 Å². The van der Waals surface area contributed by atoms with Gasteiger partial charge in [0.1, 0.15) is 0 Å². The van der Waals surface area contributed by atoms with Crippen LogP contribution in [0.15, 0.2) is 12.2 Å². The lowest BCUT2D eigenvalue weighted by molar-refractivity contribution is 0.302. The second-order valence-electron chi connectivity index (χ2n) is 3.18. The Kier molecular flexibility index (Phi) is 8.18. The molecule has 0 fully saturated rings. The fourth-order valence-corrected chi connectivity index (χ4v) is 0.579. The van der Waals surface area contributed by atoms with Gasteiger partial charge in [0, 0.05) is 12.1 Å². The summed E-state index contributed by atoms with van der Waals surface area (Å²) in [5.41, 5.74) is 5.58. The van der Waals surface area contributed by atoms with Gasteiger partial charge in [-0.3, -0.25) is 0 Å². The number of aliphatic hydroxyl groups excluding tert-OH is 1. The summed E-state index contributed by atoms with van der Waals surface area (Å²) in [6.45, 7) is 4.19. The first-order valence-electron chi connectivity index (χ1n) is 3.61. The minimum atomic E-state index is -0.119. The smallest absolute Gasteiger partial charge is 0.0465 e. The highest BCUT2D eigenvalue weighted by atomic mass is 35.5. The first-order valence-corrected chi connectivity index (χ1v) is 3.61. The first kappa shape index (κ1) is 13.5. The quantitative estimate of drug-likeness (QED) is 0.643. The maximum absolute atomic E-state index is 8.41. The summed E-state index contributed by atoms with van der Waals surface area (Å²) in [6, 6.07) is 0. The Morgan fingerprint density at radius 2 is 1.91 bits per heavy atom. The van der Waals surface area contributed by atoms with Gasteiger partial charge in [-0.2, -0.15) is 0 Å². The SMILES string of the molecule is CC(C)(N)CC=CCCO.Cl. The third-order valence-corrected chi connectivity index (χ3v) is 1.11. The van der Waals surface area contributed by atoms with Gasteiger partial charge in [0.05, 0.1) is 0 Å². The van der Waals surface area contributed by atoms with Gasteiger partial charge in [0.25, 0.3) is 0 Å². The molecular formula is C8H18ClNO. The molecule has 0 spiro atoms. The number of aliphatic hydroxyl groups is 1. The molecule has 0 aliphatic rings. The molecule has 3 heteroatoms. The Balaban J connectivity index is 0. The molecule has 2 nitrogen and oxygen atoms in total. The predicted octanol–water partition coefficient (Wildman–Crippen LogP) is 1.47. The molecular weight excluding hydrogens is 162 g/mol. The molecule has 0 radical (unpaired) electrons. The standard InChI is InChI=1S/C8H17NO.ClH/c1-8(2,9)6-4-3-5-7-10;/h3-4,10H,5-7,9H2,1-2H3;1H. The molecule has 0 atom stereocenters. The van der Waals surface area contributed by atoms with E-state index >= 15 is 0 Å². The molecule has 0 rings (SSSR count). The van der Waals surface area contributed by atoms with Crippen molar-refractivity contribution in [1.29, 1.82) is 0 Å².